The molecule has 4 nitrogen and oxygen atoms in total. The third-order valence-corrected chi connectivity index (χ3v) is 4.42. The van der Waals surface area contributed by atoms with Crippen LogP contribution in [0.2, 0.25) is 5.02 Å². The van der Waals surface area contributed by atoms with Crippen molar-refractivity contribution in [2.24, 2.45) is 11.7 Å². The molecule has 0 spiro atoms. The van der Waals surface area contributed by atoms with Gasteiger partial charge in [-0.3, -0.25) is 4.79 Å². The van der Waals surface area contributed by atoms with E-state index in [1.54, 1.807) is 12.1 Å². The Morgan fingerprint density at radius 1 is 1.43 bits per heavy atom. The van der Waals surface area contributed by atoms with Crippen molar-refractivity contribution < 1.29 is 4.79 Å². The van der Waals surface area contributed by atoms with Crippen LogP contribution in [0.25, 0.3) is 10.9 Å². The second-order valence-corrected chi connectivity index (χ2v) is 6.32. The monoisotopic (exact) mass is 303 g/mol. The van der Waals surface area contributed by atoms with Crippen LogP contribution in [-0.4, -0.2) is 23.0 Å². The number of hydrogen-bond donors (Lipinski definition) is 2. The molecule has 0 bridgehead atoms. The van der Waals surface area contributed by atoms with Crippen molar-refractivity contribution in [2.45, 2.75) is 25.3 Å². The van der Waals surface area contributed by atoms with Crippen LogP contribution < -0.4 is 11.1 Å². The Balaban J connectivity index is 1.87. The van der Waals surface area contributed by atoms with Gasteiger partial charge in [0.05, 0.1) is 11.1 Å². The van der Waals surface area contributed by atoms with E-state index in [0.29, 0.717) is 23.2 Å². The number of nitrogens with one attached hydrogen (secondary N) is 1. The molecule has 1 atom stereocenters. The Morgan fingerprint density at radius 3 is 2.81 bits per heavy atom. The van der Waals surface area contributed by atoms with E-state index in [1.807, 2.05) is 25.1 Å². The number of rotatable bonds is 4. The van der Waals surface area contributed by atoms with E-state index in [4.69, 9.17) is 17.3 Å². The smallest absolute Gasteiger partial charge is 0.270 e. The summed E-state index contributed by atoms with van der Waals surface area (Å²) < 4.78 is 0. The van der Waals surface area contributed by atoms with E-state index < -0.39 is 0 Å². The van der Waals surface area contributed by atoms with Crippen molar-refractivity contribution >= 4 is 28.4 Å². The fourth-order valence-electron chi connectivity index (χ4n) is 2.58. The maximum Gasteiger partial charge on any atom is 0.270 e. The Labute approximate surface area is 128 Å². The van der Waals surface area contributed by atoms with Crippen LogP contribution in [0.15, 0.2) is 30.3 Å². The van der Waals surface area contributed by atoms with Gasteiger partial charge in [0.25, 0.3) is 5.91 Å². The molecule has 1 aromatic carbocycles. The fraction of sp³-hybridized carbons (Fsp3) is 0.375. The van der Waals surface area contributed by atoms with Gasteiger partial charge in [0.15, 0.2) is 0 Å². The van der Waals surface area contributed by atoms with E-state index in [1.165, 1.54) is 0 Å². The number of carbonyl (C=O) groups is 1. The summed E-state index contributed by atoms with van der Waals surface area (Å²) in [6.07, 6.45) is 2.24. The first kappa shape index (κ1) is 14.3. The number of aromatic nitrogens is 1. The van der Waals surface area contributed by atoms with E-state index in [9.17, 15) is 4.79 Å². The number of fused-ring (bicyclic) bond motifs is 1. The van der Waals surface area contributed by atoms with Gasteiger partial charge in [-0.2, -0.15) is 0 Å². The highest BCUT2D eigenvalue weighted by atomic mass is 35.5. The molecule has 1 unspecified atom stereocenters. The van der Waals surface area contributed by atoms with Gasteiger partial charge >= 0.3 is 0 Å². The molecule has 1 fully saturated rings. The highest BCUT2D eigenvalue weighted by Gasteiger charge is 2.41. The lowest BCUT2D eigenvalue weighted by Gasteiger charge is -2.29. The first-order chi connectivity index (χ1) is 10.0. The topological polar surface area (TPSA) is 68.0 Å². The lowest BCUT2D eigenvalue weighted by atomic mass is 9.95. The summed E-state index contributed by atoms with van der Waals surface area (Å²) in [4.78, 5) is 16.8. The average molecular weight is 304 g/mol. The first-order valence-corrected chi connectivity index (χ1v) is 7.48. The maximum atomic E-state index is 12.4. The molecular weight excluding hydrogens is 286 g/mol. The zero-order valence-electron chi connectivity index (χ0n) is 11.9. The zero-order valence-corrected chi connectivity index (χ0v) is 12.7. The van der Waals surface area contributed by atoms with Crippen molar-refractivity contribution in [3.63, 3.8) is 0 Å². The van der Waals surface area contributed by atoms with Gasteiger partial charge in [0, 0.05) is 17.0 Å². The molecule has 0 saturated heterocycles. The van der Waals surface area contributed by atoms with E-state index in [2.05, 4.69) is 10.3 Å². The number of amides is 1. The van der Waals surface area contributed by atoms with Crippen LogP contribution in [0.5, 0.6) is 0 Å². The molecule has 3 rings (SSSR count). The predicted octanol–water partition coefficient (Wildman–Crippen LogP) is 2.75. The number of pyridine rings is 1. The van der Waals surface area contributed by atoms with Crippen LogP contribution in [-0.2, 0) is 0 Å². The summed E-state index contributed by atoms with van der Waals surface area (Å²) >= 11 is 5.97. The second-order valence-electron chi connectivity index (χ2n) is 5.88. The third-order valence-electron chi connectivity index (χ3n) is 4.19. The number of carbonyl (C=O) groups excluding carboxylic acids is 1. The van der Waals surface area contributed by atoms with Gasteiger partial charge in [-0.1, -0.05) is 23.7 Å². The molecule has 1 aliphatic carbocycles. The third kappa shape index (κ3) is 2.87. The molecule has 110 valence electrons. The number of hydrogen-bond acceptors (Lipinski definition) is 3. The molecule has 5 heteroatoms. The van der Waals surface area contributed by atoms with Crippen molar-refractivity contribution in [3.8, 4) is 0 Å². The highest BCUT2D eigenvalue weighted by molar-refractivity contribution is 6.31. The van der Waals surface area contributed by atoms with Crippen molar-refractivity contribution in [3.05, 3.63) is 41.0 Å². The minimum absolute atomic E-state index is 0.184. The van der Waals surface area contributed by atoms with Gasteiger partial charge in [0.1, 0.15) is 5.69 Å². The van der Waals surface area contributed by atoms with E-state index in [-0.39, 0.29) is 11.4 Å². The van der Waals surface area contributed by atoms with Gasteiger partial charge in [-0.05, 0) is 43.9 Å². The van der Waals surface area contributed by atoms with Crippen LogP contribution in [0.4, 0.5) is 0 Å². The summed E-state index contributed by atoms with van der Waals surface area (Å²) in [6, 6.07) is 9.07. The van der Waals surface area contributed by atoms with E-state index >= 15 is 0 Å². The van der Waals surface area contributed by atoms with E-state index in [0.717, 1.165) is 23.7 Å². The van der Waals surface area contributed by atoms with Gasteiger partial charge in [-0.15, -0.1) is 0 Å². The Kier molecular flexibility index (Phi) is 3.59. The molecule has 1 aliphatic rings. The number of nitrogens with zero attached hydrogens (tertiary/aromatic N) is 1. The number of nitrogens with two attached hydrogens (primary N) is 1. The molecule has 0 radical (unpaired) electrons. The summed E-state index contributed by atoms with van der Waals surface area (Å²) in [7, 11) is 0. The van der Waals surface area contributed by atoms with Crippen molar-refractivity contribution in [1.29, 1.82) is 0 Å². The van der Waals surface area contributed by atoms with Gasteiger partial charge in [-0.25, -0.2) is 4.98 Å². The largest absolute Gasteiger partial charge is 0.344 e. The molecule has 1 heterocycles. The minimum Gasteiger partial charge on any atom is -0.344 e. The molecule has 1 aromatic heterocycles. The predicted molar refractivity (Wildman–Crippen MR) is 84.4 cm³/mol. The van der Waals surface area contributed by atoms with Crippen molar-refractivity contribution in [1.82, 2.24) is 10.3 Å². The fourth-order valence-corrected chi connectivity index (χ4v) is 2.75. The maximum absolute atomic E-state index is 12.4. The highest BCUT2D eigenvalue weighted by Crippen LogP contribution is 2.39. The van der Waals surface area contributed by atoms with Gasteiger partial charge in [0.2, 0.25) is 0 Å². The summed E-state index contributed by atoms with van der Waals surface area (Å²) in [6.45, 7) is 2.43. The lowest BCUT2D eigenvalue weighted by Crippen LogP contribution is -2.53. The SMILES string of the molecule is CC(CN)(NC(=O)c1ccc2ccc(Cl)cc2n1)C1CC1. The number of benzene rings is 1. The Hall–Kier alpha value is -1.65. The molecule has 1 amide bonds. The molecule has 0 aliphatic heterocycles. The average Bonchev–Trinajstić information content (AvgIpc) is 3.31. The number of halogens is 1. The van der Waals surface area contributed by atoms with Crippen LogP contribution >= 0.6 is 11.6 Å². The molecule has 21 heavy (non-hydrogen) atoms. The van der Waals surface area contributed by atoms with Crippen LogP contribution in [0.3, 0.4) is 0 Å². The molecule has 3 N–H and O–H groups in total. The molecule has 2 aromatic rings. The first-order valence-electron chi connectivity index (χ1n) is 7.11. The Bertz CT molecular complexity index is 699. The standard InChI is InChI=1S/C16H18ClN3O/c1-16(9-18,11-4-5-11)20-15(21)13-7-3-10-2-6-12(17)8-14(10)19-13/h2-3,6-8,11H,4-5,9,18H2,1H3,(H,20,21). The normalized spacial score (nSPS) is 17.5. The summed E-state index contributed by atoms with van der Waals surface area (Å²) in [5.74, 6) is 0.290. The van der Waals surface area contributed by atoms with Crippen molar-refractivity contribution in [2.75, 3.05) is 6.54 Å². The molecule has 1 saturated carbocycles. The molecular formula is C16H18ClN3O. The van der Waals surface area contributed by atoms with Crippen LogP contribution in [0, 0.1) is 5.92 Å². The quantitative estimate of drug-likeness (QED) is 0.912. The van der Waals surface area contributed by atoms with Gasteiger partial charge < -0.3 is 11.1 Å². The Morgan fingerprint density at radius 2 is 2.14 bits per heavy atom. The van der Waals surface area contributed by atoms with Crippen LogP contribution in [0.1, 0.15) is 30.3 Å². The minimum atomic E-state index is -0.345. The second kappa shape index (κ2) is 5.28. The summed E-state index contributed by atoms with van der Waals surface area (Å²) in [5, 5.41) is 4.61. The lowest BCUT2D eigenvalue weighted by molar-refractivity contribution is 0.0893. The summed E-state index contributed by atoms with van der Waals surface area (Å²) in [5.41, 5.74) is 6.60. The zero-order chi connectivity index (χ0) is 15.0.